The minimum absolute atomic E-state index is 0.483. The summed E-state index contributed by atoms with van der Waals surface area (Å²) in [6.45, 7) is 0. The van der Waals surface area contributed by atoms with Crippen molar-refractivity contribution in [1.29, 1.82) is 0 Å². The predicted molar refractivity (Wildman–Crippen MR) is 176 cm³/mol. The smallest absolute Gasteiger partial charge is 0.142 e. The number of hydrogen-bond acceptors (Lipinski definition) is 1. The zero-order chi connectivity index (χ0) is 28.1. The van der Waals surface area contributed by atoms with Crippen molar-refractivity contribution in [2.24, 2.45) is 0 Å². The van der Waals surface area contributed by atoms with Gasteiger partial charge in [-0.2, -0.15) is 0 Å². The van der Waals surface area contributed by atoms with Crippen LogP contribution in [0.25, 0.3) is 49.4 Å². The lowest BCUT2D eigenvalue weighted by molar-refractivity contribution is 0.442. The first kappa shape index (κ1) is 23.0. The van der Waals surface area contributed by atoms with Crippen molar-refractivity contribution in [3.8, 4) is 28.3 Å². The summed E-state index contributed by atoms with van der Waals surface area (Å²) in [6, 6.07) is 55.0. The minimum atomic E-state index is -0.483. The van der Waals surface area contributed by atoms with Crippen LogP contribution in [0, 0.1) is 0 Å². The number of ether oxygens (including phenoxy) is 1. The lowest BCUT2D eigenvalue weighted by atomic mass is 9.66. The highest BCUT2D eigenvalue weighted by Crippen LogP contribution is 2.63. The van der Waals surface area contributed by atoms with Gasteiger partial charge in [-0.3, -0.25) is 0 Å². The van der Waals surface area contributed by atoms with Gasteiger partial charge in [0.2, 0.25) is 0 Å². The first-order chi connectivity index (χ1) is 21.4. The number of para-hydroxylation sites is 2. The van der Waals surface area contributed by atoms with E-state index in [4.69, 9.17) is 4.74 Å². The highest BCUT2D eigenvalue weighted by molar-refractivity contribution is 6.21. The Kier molecular flexibility index (Phi) is 4.41. The molecule has 10 rings (SSSR count). The molecule has 2 heteroatoms. The average Bonchev–Trinajstić information content (AvgIpc) is 3.57. The number of nitrogens with zero attached hydrogens (tertiary/aromatic N) is 1. The van der Waals surface area contributed by atoms with Crippen LogP contribution in [-0.2, 0) is 5.41 Å². The third kappa shape index (κ3) is 2.78. The summed E-state index contributed by atoms with van der Waals surface area (Å²) in [5.41, 5.74) is 10.6. The summed E-state index contributed by atoms with van der Waals surface area (Å²) in [4.78, 5) is 0. The summed E-state index contributed by atoms with van der Waals surface area (Å²) < 4.78 is 9.48. The standard InChI is InChI=1S/C41H25NO/c1-2-13-27(14-3-1)42-36-25-24-35-40(38(36)31-23-22-26-12-4-5-15-28(26)39(31)42)43-37-21-11-10-20-34(37)41(35)32-18-8-6-16-29(32)30-17-7-9-19-33(30)41/h1-25H. The van der Waals surface area contributed by atoms with E-state index in [-0.39, 0.29) is 0 Å². The maximum atomic E-state index is 7.06. The van der Waals surface area contributed by atoms with Crippen LogP contribution < -0.4 is 4.74 Å². The van der Waals surface area contributed by atoms with E-state index in [1.807, 2.05) is 0 Å². The number of hydrogen-bond donors (Lipinski definition) is 0. The first-order valence-corrected chi connectivity index (χ1v) is 14.9. The summed E-state index contributed by atoms with van der Waals surface area (Å²) in [6.07, 6.45) is 0. The molecule has 0 amide bonds. The SMILES string of the molecule is c1ccc(-n2c3ccc4c(c3c3ccc5ccccc5c32)Oc2ccccc2C42c3ccccc3-c3ccccc32)cc1. The molecule has 0 unspecified atom stereocenters. The lowest BCUT2D eigenvalue weighted by Gasteiger charge is -2.39. The molecule has 1 spiro atoms. The van der Waals surface area contributed by atoms with Crippen LogP contribution in [0.1, 0.15) is 22.3 Å². The first-order valence-electron chi connectivity index (χ1n) is 14.9. The van der Waals surface area contributed by atoms with E-state index in [2.05, 4.69) is 156 Å². The van der Waals surface area contributed by atoms with Gasteiger partial charge in [-0.15, -0.1) is 0 Å². The fraction of sp³-hybridized carbons (Fsp3) is 0.0244. The fourth-order valence-corrected chi connectivity index (χ4v) is 8.02. The number of aromatic nitrogens is 1. The van der Waals surface area contributed by atoms with Crippen LogP contribution in [-0.4, -0.2) is 4.57 Å². The number of benzene rings is 7. The van der Waals surface area contributed by atoms with Crippen LogP contribution in [0.2, 0.25) is 0 Å². The van der Waals surface area contributed by atoms with Gasteiger partial charge in [0.1, 0.15) is 11.5 Å². The summed E-state index contributed by atoms with van der Waals surface area (Å²) in [7, 11) is 0. The molecule has 0 radical (unpaired) electrons. The molecule has 0 N–H and O–H groups in total. The lowest BCUT2D eigenvalue weighted by Crippen LogP contribution is -2.32. The number of fused-ring (bicyclic) bond motifs is 15. The van der Waals surface area contributed by atoms with Gasteiger partial charge < -0.3 is 9.30 Å². The van der Waals surface area contributed by atoms with Crippen molar-refractivity contribution < 1.29 is 4.74 Å². The molecule has 43 heavy (non-hydrogen) atoms. The van der Waals surface area contributed by atoms with Crippen molar-refractivity contribution in [1.82, 2.24) is 4.57 Å². The molecule has 1 aliphatic heterocycles. The van der Waals surface area contributed by atoms with Gasteiger partial charge in [-0.05, 0) is 51.9 Å². The maximum absolute atomic E-state index is 7.06. The zero-order valence-electron chi connectivity index (χ0n) is 23.3. The van der Waals surface area contributed by atoms with Crippen molar-refractivity contribution >= 4 is 32.6 Å². The van der Waals surface area contributed by atoms with E-state index >= 15 is 0 Å². The number of rotatable bonds is 1. The second kappa shape index (κ2) is 8.24. The highest BCUT2D eigenvalue weighted by Gasteiger charge is 2.51. The molecule has 1 aromatic heterocycles. The van der Waals surface area contributed by atoms with Gasteiger partial charge >= 0.3 is 0 Å². The van der Waals surface area contributed by atoms with Crippen LogP contribution >= 0.6 is 0 Å². The van der Waals surface area contributed by atoms with Crippen LogP contribution in [0.3, 0.4) is 0 Å². The van der Waals surface area contributed by atoms with E-state index < -0.39 is 5.41 Å². The van der Waals surface area contributed by atoms with Gasteiger partial charge in [0.05, 0.1) is 21.8 Å². The Morgan fingerprint density at radius 2 is 1.12 bits per heavy atom. The molecular weight excluding hydrogens is 522 g/mol. The Balaban J connectivity index is 1.43. The molecule has 0 saturated heterocycles. The van der Waals surface area contributed by atoms with Crippen LogP contribution in [0.4, 0.5) is 0 Å². The second-order valence-electron chi connectivity index (χ2n) is 11.6. The predicted octanol–water partition coefficient (Wildman–Crippen LogP) is 10.4. The molecule has 1 aliphatic carbocycles. The van der Waals surface area contributed by atoms with Crippen molar-refractivity contribution in [2.45, 2.75) is 5.41 Å². The monoisotopic (exact) mass is 547 g/mol. The Bertz CT molecular complexity index is 2390. The van der Waals surface area contributed by atoms with Gasteiger partial charge in [-0.25, -0.2) is 0 Å². The highest BCUT2D eigenvalue weighted by atomic mass is 16.5. The molecule has 0 bridgehead atoms. The Morgan fingerprint density at radius 1 is 0.465 bits per heavy atom. The zero-order valence-corrected chi connectivity index (χ0v) is 23.3. The molecular formula is C41H25NO. The molecule has 0 fully saturated rings. The van der Waals surface area contributed by atoms with Crippen LogP contribution in [0.5, 0.6) is 11.5 Å². The quantitative estimate of drug-likeness (QED) is 0.199. The molecule has 7 aromatic carbocycles. The largest absolute Gasteiger partial charge is 0.456 e. The minimum Gasteiger partial charge on any atom is -0.456 e. The summed E-state index contributed by atoms with van der Waals surface area (Å²) >= 11 is 0. The maximum Gasteiger partial charge on any atom is 0.142 e. The van der Waals surface area contributed by atoms with Crippen molar-refractivity contribution in [3.63, 3.8) is 0 Å². The second-order valence-corrected chi connectivity index (χ2v) is 11.6. The van der Waals surface area contributed by atoms with Gasteiger partial charge in [0.15, 0.2) is 0 Å². The Morgan fingerprint density at radius 3 is 1.91 bits per heavy atom. The van der Waals surface area contributed by atoms with E-state index in [1.165, 1.54) is 55.1 Å². The molecule has 0 atom stereocenters. The average molecular weight is 548 g/mol. The molecule has 8 aromatic rings. The topological polar surface area (TPSA) is 14.2 Å². The van der Waals surface area contributed by atoms with E-state index in [0.717, 1.165) is 28.1 Å². The third-order valence-corrected chi connectivity index (χ3v) is 9.64. The van der Waals surface area contributed by atoms with Crippen molar-refractivity contribution in [3.05, 3.63) is 174 Å². The van der Waals surface area contributed by atoms with Gasteiger partial charge in [0, 0.05) is 27.6 Å². The van der Waals surface area contributed by atoms with Gasteiger partial charge in [-0.1, -0.05) is 127 Å². The molecule has 2 heterocycles. The Labute approximate surface area is 249 Å². The van der Waals surface area contributed by atoms with E-state index in [9.17, 15) is 0 Å². The summed E-state index contributed by atoms with van der Waals surface area (Å²) in [5.74, 6) is 1.85. The van der Waals surface area contributed by atoms with Crippen LogP contribution in [0.15, 0.2) is 152 Å². The molecule has 2 nitrogen and oxygen atoms in total. The third-order valence-electron chi connectivity index (χ3n) is 9.64. The molecule has 0 saturated carbocycles. The molecule has 2 aliphatic rings. The Hall–Kier alpha value is -5.60. The van der Waals surface area contributed by atoms with E-state index in [1.54, 1.807) is 0 Å². The summed E-state index contributed by atoms with van der Waals surface area (Å²) in [5, 5.41) is 4.81. The van der Waals surface area contributed by atoms with Crippen molar-refractivity contribution in [2.75, 3.05) is 0 Å². The van der Waals surface area contributed by atoms with E-state index in [0.29, 0.717) is 0 Å². The molecule has 200 valence electrons. The normalized spacial score (nSPS) is 14.0. The van der Waals surface area contributed by atoms with Gasteiger partial charge in [0.25, 0.3) is 0 Å². The fourth-order valence-electron chi connectivity index (χ4n) is 8.02.